The number of hydrogen-bond donors (Lipinski definition) is 0. The summed E-state index contributed by atoms with van der Waals surface area (Å²) in [6.45, 7) is 0.269. The highest BCUT2D eigenvalue weighted by atomic mass is 79.9. The van der Waals surface area contributed by atoms with Crippen molar-refractivity contribution in [3.63, 3.8) is 0 Å². The molecule has 0 saturated heterocycles. The molecule has 0 unspecified atom stereocenters. The Morgan fingerprint density at radius 1 is 1.00 bits per heavy atom. The van der Waals surface area contributed by atoms with Crippen molar-refractivity contribution in [1.82, 2.24) is 0 Å². The molecule has 0 atom stereocenters. The maximum absolute atomic E-state index is 11.8. The van der Waals surface area contributed by atoms with Crippen molar-refractivity contribution in [1.29, 1.82) is 0 Å². The summed E-state index contributed by atoms with van der Waals surface area (Å²) >= 11 is 6.70. The molecular weight excluding hydrogens is 360 g/mol. The molecule has 0 radical (unpaired) electrons. The van der Waals surface area contributed by atoms with Crippen molar-refractivity contribution in [2.45, 2.75) is 6.61 Å². The molecule has 0 bridgehead atoms. The summed E-state index contributed by atoms with van der Waals surface area (Å²) in [6, 6.07) is 14.8. The molecule has 0 aliphatic rings. The summed E-state index contributed by atoms with van der Waals surface area (Å²) in [5.41, 5.74) is 1.49. The van der Waals surface area contributed by atoms with Crippen LogP contribution in [0.3, 0.4) is 0 Å². The summed E-state index contributed by atoms with van der Waals surface area (Å²) in [6.07, 6.45) is 0. The highest BCUT2D eigenvalue weighted by Crippen LogP contribution is 2.15. The third-order valence-electron chi connectivity index (χ3n) is 2.32. The van der Waals surface area contributed by atoms with Crippen LogP contribution in [0.1, 0.15) is 15.9 Å². The largest absolute Gasteiger partial charge is 0.457 e. The van der Waals surface area contributed by atoms with Gasteiger partial charge in [0.25, 0.3) is 0 Å². The second kappa shape index (κ2) is 6.16. The molecule has 2 aromatic carbocycles. The average Bonchev–Trinajstić information content (AvgIpc) is 2.36. The minimum atomic E-state index is -0.323. The average molecular weight is 370 g/mol. The Kier molecular flexibility index (Phi) is 4.55. The first-order chi connectivity index (χ1) is 8.65. The van der Waals surface area contributed by atoms with Crippen LogP contribution in [0.2, 0.25) is 0 Å². The van der Waals surface area contributed by atoms with Gasteiger partial charge in [-0.25, -0.2) is 4.79 Å². The lowest BCUT2D eigenvalue weighted by Gasteiger charge is -2.05. The van der Waals surface area contributed by atoms with Gasteiger partial charge in [0.2, 0.25) is 0 Å². The zero-order valence-corrected chi connectivity index (χ0v) is 12.6. The lowest BCUT2D eigenvalue weighted by Crippen LogP contribution is -2.05. The second-order valence-corrected chi connectivity index (χ2v) is 5.55. The second-order valence-electron chi connectivity index (χ2n) is 3.72. The molecule has 2 nitrogen and oxygen atoms in total. The fourth-order valence-corrected chi connectivity index (χ4v) is 2.32. The van der Waals surface area contributed by atoms with Crippen LogP contribution in [0.25, 0.3) is 0 Å². The summed E-state index contributed by atoms with van der Waals surface area (Å²) in [7, 11) is 0. The quantitative estimate of drug-likeness (QED) is 0.741. The molecule has 18 heavy (non-hydrogen) atoms. The van der Waals surface area contributed by atoms with Gasteiger partial charge in [0.05, 0.1) is 5.56 Å². The van der Waals surface area contributed by atoms with E-state index < -0.39 is 0 Å². The van der Waals surface area contributed by atoms with Crippen molar-refractivity contribution in [3.8, 4) is 0 Å². The van der Waals surface area contributed by atoms with Gasteiger partial charge in [0.1, 0.15) is 6.61 Å². The lowest BCUT2D eigenvalue weighted by molar-refractivity contribution is 0.0472. The van der Waals surface area contributed by atoms with Crippen molar-refractivity contribution in [2.75, 3.05) is 0 Å². The number of rotatable bonds is 3. The molecule has 0 fully saturated rings. The van der Waals surface area contributed by atoms with E-state index in [-0.39, 0.29) is 12.6 Å². The molecule has 2 aromatic rings. The Morgan fingerprint density at radius 2 is 1.67 bits per heavy atom. The molecular formula is C14H10Br2O2. The van der Waals surface area contributed by atoms with E-state index in [1.54, 1.807) is 18.2 Å². The molecule has 92 valence electrons. The first kappa shape index (κ1) is 13.3. The summed E-state index contributed by atoms with van der Waals surface area (Å²) in [5.74, 6) is -0.323. The zero-order chi connectivity index (χ0) is 13.0. The van der Waals surface area contributed by atoms with Crippen LogP contribution in [0.5, 0.6) is 0 Å². The third-order valence-corrected chi connectivity index (χ3v) is 3.31. The smallest absolute Gasteiger partial charge is 0.338 e. The predicted molar refractivity (Wildman–Crippen MR) is 77.4 cm³/mol. The Balaban J connectivity index is 2.00. The van der Waals surface area contributed by atoms with Crippen molar-refractivity contribution < 1.29 is 9.53 Å². The molecule has 0 amide bonds. The third kappa shape index (κ3) is 3.68. The van der Waals surface area contributed by atoms with Gasteiger partial charge in [-0.3, -0.25) is 0 Å². The van der Waals surface area contributed by atoms with E-state index in [4.69, 9.17) is 4.74 Å². The number of esters is 1. The lowest BCUT2D eigenvalue weighted by atomic mass is 10.2. The maximum atomic E-state index is 11.8. The van der Waals surface area contributed by atoms with Crippen LogP contribution in [-0.2, 0) is 11.3 Å². The first-order valence-electron chi connectivity index (χ1n) is 5.32. The molecule has 0 aliphatic heterocycles. The van der Waals surface area contributed by atoms with Gasteiger partial charge in [-0.15, -0.1) is 0 Å². The van der Waals surface area contributed by atoms with Crippen molar-refractivity contribution in [2.24, 2.45) is 0 Å². The fraction of sp³-hybridized carbons (Fsp3) is 0.0714. The van der Waals surface area contributed by atoms with E-state index in [1.807, 2.05) is 30.3 Å². The van der Waals surface area contributed by atoms with Crippen LogP contribution in [0.4, 0.5) is 0 Å². The van der Waals surface area contributed by atoms with E-state index in [0.717, 1.165) is 14.5 Å². The molecule has 0 saturated carbocycles. The fourth-order valence-electron chi connectivity index (χ4n) is 1.47. The number of benzene rings is 2. The molecule has 0 spiro atoms. The number of carbonyl (C=O) groups excluding carboxylic acids is 1. The van der Waals surface area contributed by atoms with Gasteiger partial charge >= 0.3 is 5.97 Å². The standard InChI is InChI=1S/C14H10Br2O2/c15-12-5-1-3-10(7-12)9-18-14(17)11-4-2-6-13(16)8-11/h1-8H,9H2. The predicted octanol–water partition coefficient (Wildman–Crippen LogP) is 4.57. The van der Waals surface area contributed by atoms with Crippen molar-refractivity contribution in [3.05, 3.63) is 68.6 Å². The van der Waals surface area contributed by atoms with E-state index in [9.17, 15) is 4.79 Å². The number of halogens is 2. The molecule has 0 N–H and O–H groups in total. The van der Waals surface area contributed by atoms with E-state index in [1.165, 1.54) is 0 Å². The Labute approximate surface area is 122 Å². The SMILES string of the molecule is O=C(OCc1cccc(Br)c1)c1cccc(Br)c1. The van der Waals surface area contributed by atoms with Gasteiger partial charge in [0.15, 0.2) is 0 Å². The van der Waals surface area contributed by atoms with Crippen LogP contribution >= 0.6 is 31.9 Å². The Morgan fingerprint density at radius 3 is 2.33 bits per heavy atom. The zero-order valence-electron chi connectivity index (χ0n) is 9.40. The van der Waals surface area contributed by atoms with Gasteiger partial charge in [-0.2, -0.15) is 0 Å². The normalized spacial score (nSPS) is 10.1. The number of hydrogen-bond acceptors (Lipinski definition) is 2. The number of ether oxygens (including phenoxy) is 1. The molecule has 4 heteroatoms. The molecule has 0 heterocycles. The van der Waals surface area contributed by atoms with Crippen LogP contribution in [0, 0.1) is 0 Å². The van der Waals surface area contributed by atoms with Gasteiger partial charge < -0.3 is 4.74 Å². The number of carbonyl (C=O) groups is 1. The molecule has 0 aliphatic carbocycles. The van der Waals surface area contributed by atoms with Crippen molar-refractivity contribution >= 4 is 37.8 Å². The Hall–Kier alpha value is -1.13. The van der Waals surface area contributed by atoms with E-state index in [2.05, 4.69) is 31.9 Å². The van der Waals surface area contributed by atoms with E-state index in [0.29, 0.717) is 5.56 Å². The summed E-state index contributed by atoms with van der Waals surface area (Å²) in [4.78, 5) is 11.8. The highest BCUT2D eigenvalue weighted by molar-refractivity contribution is 9.10. The van der Waals surface area contributed by atoms with Gasteiger partial charge in [-0.05, 0) is 35.9 Å². The minimum Gasteiger partial charge on any atom is -0.457 e. The van der Waals surface area contributed by atoms with E-state index >= 15 is 0 Å². The van der Waals surface area contributed by atoms with Gasteiger partial charge in [-0.1, -0.05) is 50.1 Å². The molecule has 0 aromatic heterocycles. The molecule has 2 rings (SSSR count). The van der Waals surface area contributed by atoms with Crippen LogP contribution in [0.15, 0.2) is 57.5 Å². The monoisotopic (exact) mass is 368 g/mol. The summed E-state index contributed by atoms with van der Waals surface area (Å²) in [5, 5.41) is 0. The van der Waals surface area contributed by atoms with Gasteiger partial charge in [0, 0.05) is 8.95 Å². The highest BCUT2D eigenvalue weighted by Gasteiger charge is 2.07. The van der Waals surface area contributed by atoms with Crippen LogP contribution < -0.4 is 0 Å². The van der Waals surface area contributed by atoms with Crippen LogP contribution in [-0.4, -0.2) is 5.97 Å². The minimum absolute atomic E-state index is 0.269. The first-order valence-corrected chi connectivity index (χ1v) is 6.91. The Bertz CT molecular complexity index is 567. The summed E-state index contributed by atoms with van der Waals surface area (Å²) < 4.78 is 7.07. The maximum Gasteiger partial charge on any atom is 0.338 e. The topological polar surface area (TPSA) is 26.3 Å².